The van der Waals surface area contributed by atoms with E-state index >= 15 is 0 Å². The Labute approximate surface area is 108 Å². The van der Waals surface area contributed by atoms with Gasteiger partial charge in [0.25, 0.3) is 0 Å². The second-order valence-corrected chi connectivity index (χ2v) is 4.33. The third-order valence-electron chi connectivity index (χ3n) is 2.74. The van der Waals surface area contributed by atoms with Crippen molar-refractivity contribution in [3.63, 3.8) is 0 Å². The number of nitrogens with zero attached hydrogens (tertiary/aromatic N) is 2. The van der Waals surface area contributed by atoms with Gasteiger partial charge in [0.05, 0.1) is 16.7 Å². The Bertz CT molecular complexity index is 736. The van der Waals surface area contributed by atoms with Crippen molar-refractivity contribution in [2.45, 2.75) is 0 Å². The quantitative estimate of drug-likeness (QED) is 0.730. The molecule has 0 saturated carbocycles. The number of para-hydroxylation sites is 2. The van der Waals surface area contributed by atoms with Gasteiger partial charge in [-0.15, -0.1) is 0 Å². The van der Waals surface area contributed by atoms with Crippen molar-refractivity contribution < 1.29 is 4.39 Å². The molecule has 2 aromatic carbocycles. The summed E-state index contributed by atoms with van der Waals surface area (Å²) in [4.78, 5) is 4.19. The highest BCUT2D eigenvalue weighted by molar-refractivity contribution is 6.30. The van der Waals surface area contributed by atoms with Crippen LogP contribution in [0.2, 0.25) is 5.02 Å². The van der Waals surface area contributed by atoms with Gasteiger partial charge in [-0.05, 0) is 30.3 Å². The normalized spacial score (nSPS) is 11.0. The van der Waals surface area contributed by atoms with Crippen LogP contribution in [0.25, 0.3) is 16.7 Å². The largest absolute Gasteiger partial charge is 0.369 e. The fourth-order valence-electron chi connectivity index (χ4n) is 1.95. The molecule has 0 aliphatic carbocycles. The van der Waals surface area contributed by atoms with Crippen LogP contribution in [0, 0.1) is 5.82 Å². The third-order valence-corrected chi connectivity index (χ3v) is 2.97. The molecule has 18 heavy (non-hydrogen) atoms. The number of hydrogen-bond donors (Lipinski definition) is 1. The minimum atomic E-state index is -0.394. The van der Waals surface area contributed by atoms with E-state index in [0.717, 1.165) is 11.0 Å². The molecule has 0 aliphatic rings. The van der Waals surface area contributed by atoms with Crippen LogP contribution in [0.5, 0.6) is 0 Å². The summed E-state index contributed by atoms with van der Waals surface area (Å²) in [6.45, 7) is 0. The van der Waals surface area contributed by atoms with Crippen molar-refractivity contribution in [1.29, 1.82) is 0 Å². The van der Waals surface area contributed by atoms with Gasteiger partial charge in [0, 0.05) is 5.02 Å². The summed E-state index contributed by atoms with van der Waals surface area (Å²) >= 11 is 5.90. The van der Waals surface area contributed by atoms with E-state index in [1.165, 1.54) is 18.2 Å². The highest BCUT2D eigenvalue weighted by Gasteiger charge is 2.13. The Morgan fingerprint density at radius 2 is 1.94 bits per heavy atom. The fourth-order valence-corrected chi connectivity index (χ4v) is 2.12. The van der Waals surface area contributed by atoms with E-state index in [9.17, 15) is 4.39 Å². The Kier molecular flexibility index (Phi) is 2.45. The highest BCUT2D eigenvalue weighted by Crippen LogP contribution is 2.26. The van der Waals surface area contributed by atoms with Gasteiger partial charge in [0.2, 0.25) is 5.95 Å². The van der Waals surface area contributed by atoms with Crippen molar-refractivity contribution in [3.8, 4) is 5.69 Å². The molecule has 90 valence electrons. The first kappa shape index (κ1) is 11.0. The molecule has 1 heterocycles. The zero-order valence-electron chi connectivity index (χ0n) is 9.27. The van der Waals surface area contributed by atoms with E-state index in [0.29, 0.717) is 10.7 Å². The Hall–Kier alpha value is -2.07. The molecule has 5 heteroatoms. The molecule has 1 aromatic heterocycles. The van der Waals surface area contributed by atoms with Gasteiger partial charge in [-0.3, -0.25) is 4.57 Å². The molecular formula is C13H9ClFN3. The molecule has 0 fully saturated rings. The van der Waals surface area contributed by atoms with Crippen molar-refractivity contribution in [1.82, 2.24) is 9.55 Å². The molecule has 0 amide bonds. The third kappa shape index (κ3) is 1.62. The van der Waals surface area contributed by atoms with Crippen molar-refractivity contribution in [2.75, 3.05) is 5.73 Å². The summed E-state index contributed by atoms with van der Waals surface area (Å²) in [7, 11) is 0. The lowest BCUT2D eigenvalue weighted by molar-refractivity contribution is 0.620. The monoisotopic (exact) mass is 261 g/mol. The molecule has 0 saturated heterocycles. The van der Waals surface area contributed by atoms with E-state index in [2.05, 4.69) is 4.98 Å². The summed E-state index contributed by atoms with van der Waals surface area (Å²) in [5, 5.41) is 0.448. The summed E-state index contributed by atoms with van der Waals surface area (Å²) < 4.78 is 15.4. The van der Waals surface area contributed by atoms with Gasteiger partial charge in [-0.25, -0.2) is 9.37 Å². The minimum absolute atomic E-state index is 0.234. The first-order valence-corrected chi connectivity index (χ1v) is 5.73. The SMILES string of the molecule is Nc1nc2ccccc2n1-c1cc(Cl)ccc1F. The molecule has 0 bridgehead atoms. The van der Waals surface area contributed by atoms with Gasteiger partial charge < -0.3 is 5.73 Å². The molecule has 3 rings (SSSR count). The molecule has 3 nitrogen and oxygen atoms in total. The number of halogens is 2. The number of aromatic nitrogens is 2. The fraction of sp³-hybridized carbons (Fsp3) is 0. The second-order valence-electron chi connectivity index (χ2n) is 3.89. The number of benzene rings is 2. The van der Waals surface area contributed by atoms with Crippen LogP contribution in [-0.4, -0.2) is 9.55 Å². The lowest BCUT2D eigenvalue weighted by Gasteiger charge is -2.08. The van der Waals surface area contributed by atoms with Gasteiger partial charge in [-0.2, -0.15) is 0 Å². The highest BCUT2D eigenvalue weighted by atomic mass is 35.5. The number of rotatable bonds is 1. The lowest BCUT2D eigenvalue weighted by Crippen LogP contribution is -2.02. The maximum atomic E-state index is 13.9. The van der Waals surface area contributed by atoms with E-state index < -0.39 is 5.82 Å². The number of nitrogen functional groups attached to an aromatic ring is 1. The molecule has 0 unspecified atom stereocenters. The lowest BCUT2D eigenvalue weighted by atomic mass is 10.2. The van der Waals surface area contributed by atoms with Gasteiger partial charge in [-0.1, -0.05) is 23.7 Å². The van der Waals surface area contributed by atoms with E-state index in [1.807, 2.05) is 24.3 Å². The first-order chi connectivity index (χ1) is 8.66. The van der Waals surface area contributed by atoms with Crippen LogP contribution < -0.4 is 5.73 Å². The molecule has 0 atom stereocenters. The molecule has 0 spiro atoms. The van der Waals surface area contributed by atoms with Crippen molar-refractivity contribution in [3.05, 3.63) is 53.3 Å². The average molecular weight is 262 g/mol. The Morgan fingerprint density at radius 3 is 2.78 bits per heavy atom. The van der Waals surface area contributed by atoms with Crippen LogP contribution in [-0.2, 0) is 0 Å². The summed E-state index contributed by atoms with van der Waals surface area (Å²) in [6, 6.07) is 11.7. The number of nitrogens with two attached hydrogens (primary N) is 1. The van der Waals surface area contributed by atoms with E-state index in [4.69, 9.17) is 17.3 Å². The van der Waals surface area contributed by atoms with Crippen molar-refractivity contribution >= 4 is 28.6 Å². The van der Waals surface area contributed by atoms with E-state index in [-0.39, 0.29) is 5.95 Å². The number of fused-ring (bicyclic) bond motifs is 1. The smallest absolute Gasteiger partial charge is 0.206 e. The summed E-state index contributed by atoms with van der Waals surface area (Å²) in [5.41, 5.74) is 7.61. The Balaban J connectivity index is 2.37. The Morgan fingerprint density at radius 1 is 1.17 bits per heavy atom. The maximum Gasteiger partial charge on any atom is 0.206 e. The number of hydrogen-bond acceptors (Lipinski definition) is 2. The molecular weight excluding hydrogens is 253 g/mol. The number of imidazole rings is 1. The van der Waals surface area contributed by atoms with Gasteiger partial charge in [0.15, 0.2) is 0 Å². The van der Waals surface area contributed by atoms with Gasteiger partial charge >= 0.3 is 0 Å². The zero-order chi connectivity index (χ0) is 12.7. The zero-order valence-corrected chi connectivity index (χ0v) is 10.0. The average Bonchev–Trinajstić information content (AvgIpc) is 2.68. The van der Waals surface area contributed by atoms with Crippen LogP contribution in [0.1, 0.15) is 0 Å². The van der Waals surface area contributed by atoms with Crippen LogP contribution in [0.3, 0.4) is 0 Å². The summed E-state index contributed by atoms with van der Waals surface area (Å²) in [5.74, 6) is -0.161. The minimum Gasteiger partial charge on any atom is -0.369 e. The molecule has 2 N–H and O–H groups in total. The molecule has 0 aliphatic heterocycles. The summed E-state index contributed by atoms with van der Waals surface area (Å²) in [6.07, 6.45) is 0. The molecule has 0 radical (unpaired) electrons. The number of anilines is 1. The van der Waals surface area contributed by atoms with Crippen LogP contribution >= 0.6 is 11.6 Å². The second kappa shape index (κ2) is 3.99. The van der Waals surface area contributed by atoms with Gasteiger partial charge in [0.1, 0.15) is 5.82 Å². The van der Waals surface area contributed by atoms with Crippen molar-refractivity contribution in [2.24, 2.45) is 0 Å². The maximum absolute atomic E-state index is 13.9. The predicted octanol–water partition coefficient (Wildman–Crippen LogP) is 3.40. The van der Waals surface area contributed by atoms with E-state index in [1.54, 1.807) is 4.57 Å². The topological polar surface area (TPSA) is 43.8 Å². The predicted molar refractivity (Wildman–Crippen MR) is 70.5 cm³/mol. The first-order valence-electron chi connectivity index (χ1n) is 5.35. The standard InChI is InChI=1S/C13H9ClFN3/c14-8-5-6-9(15)12(7-8)18-11-4-2-1-3-10(11)17-13(18)16/h1-7H,(H2,16,17). The van der Waals surface area contributed by atoms with Crippen LogP contribution in [0.15, 0.2) is 42.5 Å². The molecule has 3 aromatic rings. The van der Waals surface area contributed by atoms with Crippen LogP contribution in [0.4, 0.5) is 10.3 Å².